The number of halogens is 2. The summed E-state index contributed by atoms with van der Waals surface area (Å²) in [5.74, 6) is -1.47. The van der Waals surface area contributed by atoms with E-state index in [1.807, 2.05) is 13.8 Å². The zero-order valence-electron chi connectivity index (χ0n) is 10.6. The van der Waals surface area contributed by atoms with Crippen LogP contribution < -0.4 is 5.32 Å². The second-order valence-electron chi connectivity index (χ2n) is 4.62. The predicted octanol–water partition coefficient (Wildman–Crippen LogP) is 3.24. The fraction of sp³-hybridized carbons (Fsp3) is 0.462. The van der Waals surface area contributed by atoms with Crippen LogP contribution in [0.4, 0.5) is 4.39 Å². The zero-order chi connectivity index (χ0) is 13.9. The van der Waals surface area contributed by atoms with E-state index in [9.17, 15) is 9.18 Å². The maximum atomic E-state index is 13.3. The van der Waals surface area contributed by atoms with Crippen molar-refractivity contribution in [3.05, 3.63) is 34.6 Å². The van der Waals surface area contributed by atoms with Gasteiger partial charge >= 0.3 is 5.97 Å². The van der Waals surface area contributed by atoms with Gasteiger partial charge in [0.1, 0.15) is 11.9 Å². The molecule has 1 aromatic rings. The number of hydrogen-bond acceptors (Lipinski definition) is 2. The van der Waals surface area contributed by atoms with Gasteiger partial charge in [-0.25, -0.2) is 4.39 Å². The normalized spacial score (nSPS) is 14.6. The summed E-state index contributed by atoms with van der Waals surface area (Å²) in [6.45, 7) is 5.43. The lowest BCUT2D eigenvalue weighted by molar-refractivity contribution is -0.140. The van der Waals surface area contributed by atoms with Crippen LogP contribution in [-0.4, -0.2) is 17.1 Å². The van der Waals surface area contributed by atoms with E-state index in [2.05, 4.69) is 5.32 Å². The third-order valence-electron chi connectivity index (χ3n) is 2.81. The van der Waals surface area contributed by atoms with Gasteiger partial charge in [0, 0.05) is 6.04 Å². The molecular weight excluding hydrogens is 257 g/mol. The van der Waals surface area contributed by atoms with Gasteiger partial charge in [-0.1, -0.05) is 31.5 Å². The van der Waals surface area contributed by atoms with Gasteiger partial charge in [0.2, 0.25) is 0 Å². The highest BCUT2D eigenvalue weighted by Crippen LogP contribution is 2.21. The molecule has 1 rings (SSSR count). The number of carboxylic acids is 1. The van der Waals surface area contributed by atoms with Gasteiger partial charge < -0.3 is 5.11 Å². The maximum Gasteiger partial charge on any atom is 0.320 e. The first-order valence-corrected chi connectivity index (χ1v) is 6.14. The summed E-state index contributed by atoms with van der Waals surface area (Å²) in [4.78, 5) is 11.1. The lowest BCUT2D eigenvalue weighted by Gasteiger charge is -2.23. The van der Waals surface area contributed by atoms with E-state index in [0.29, 0.717) is 5.56 Å². The summed E-state index contributed by atoms with van der Waals surface area (Å²) in [6, 6.07) is 3.54. The molecule has 0 bridgehead atoms. The van der Waals surface area contributed by atoms with Gasteiger partial charge in [0.25, 0.3) is 0 Å². The SMILES string of the molecule is CC(NC(C(=O)O)C(C)C)c1ccc(Cl)c(F)c1. The average molecular weight is 274 g/mol. The number of benzene rings is 1. The topological polar surface area (TPSA) is 49.3 Å². The number of hydrogen-bond donors (Lipinski definition) is 2. The van der Waals surface area contributed by atoms with E-state index < -0.39 is 17.8 Å². The van der Waals surface area contributed by atoms with Crippen LogP contribution in [0.3, 0.4) is 0 Å². The first-order valence-electron chi connectivity index (χ1n) is 5.76. The molecule has 0 saturated heterocycles. The molecule has 0 aromatic heterocycles. The van der Waals surface area contributed by atoms with Crippen molar-refractivity contribution in [1.82, 2.24) is 5.32 Å². The summed E-state index contributed by atoms with van der Waals surface area (Å²) in [5.41, 5.74) is 0.670. The smallest absolute Gasteiger partial charge is 0.320 e. The van der Waals surface area contributed by atoms with Crippen LogP contribution in [0.2, 0.25) is 5.02 Å². The second kappa shape index (κ2) is 6.16. The van der Waals surface area contributed by atoms with E-state index in [1.165, 1.54) is 12.1 Å². The van der Waals surface area contributed by atoms with Crippen LogP contribution in [0.5, 0.6) is 0 Å². The Bertz CT molecular complexity index is 437. The van der Waals surface area contributed by atoms with Gasteiger partial charge in [-0.15, -0.1) is 0 Å². The van der Waals surface area contributed by atoms with Crippen molar-refractivity contribution in [1.29, 1.82) is 0 Å². The minimum absolute atomic E-state index is 0.0536. The van der Waals surface area contributed by atoms with E-state index >= 15 is 0 Å². The molecule has 0 aliphatic rings. The first kappa shape index (κ1) is 14.9. The minimum Gasteiger partial charge on any atom is -0.480 e. The minimum atomic E-state index is -0.911. The van der Waals surface area contributed by atoms with Crippen LogP contribution in [0.1, 0.15) is 32.4 Å². The molecule has 18 heavy (non-hydrogen) atoms. The molecule has 0 saturated carbocycles. The molecule has 0 radical (unpaired) electrons. The molecule has 1 aromatic carbocycles. The molecule has 0 aliphatic carbocycles. The highest BCUT2D eigenvalue weighted by Gasteiger charge is 2.23. The van der Waals surface area contributed by atoms with Crippen molar-refractivity contribution in [3.63, 3.8) is 0 Å². The lowest BCUT2D eigenvalue weighted by atomic mass is 10.0. The second-order valence-corrected chi connectivity index (χ2v) is 5.03. The van der Waals surface area contributed by atoms with Gasteiger partial charge in [0.05, 0.1) is 5.02 Å². The Morgan fingerprint density at radius 3 is 2.44 bits per heavy atom. The Labute approximate surface area is 111 Å². The molecule has 2 atom stereocenters. The van der Waals surface area contributed by atoms with Crippen LogP contribution in [0.15, 0.2) is 18.2 Å². The van der Waals surface area contributed by atoms with Crippen molar-refractivity contribution in [3.8, 4) is 0 Å². The number of rotatable bonds is 5. The number of nitrogens with one attached hydrogen (secondary N) is 1. The number of carbonyl (C=O) groups is 1. The quantitative estimate of drug-likeness (QED) is 0.866. The average Bonchev–Trinajstić information content (AvgIpc) is 2.28. The van der Waals surface area contributed by atoms with Crippen LogP contribution >= 0.6 is 11.6 Å². The van der Waals surface area contributed by atoms with Crippen molar-refractivity contribution in [2.75, 3.05) is 0 Å². The molecule has 0 amide bonds. The standard InChI is InChI=1S/C13H17ClFNO2/c1-7(2)12(13(17)18)16-8(3)9-4-5-10(14)11(15)6-9/h4-8,12,16H,1-3H3,(H,17,18). The van der Waals surface area contributed by atoms with Gasteiger partial charge in [-0.3, -0.25) is 10.1 Å². The Morgan fingerprint density at radius 2 is 2.00 bits per heavy atom. The number of carboxylic acid groups (broad SMARTS) is 1. The van der Waals surface area contributed by atoms with Gasteiger partial charge in [-0.2, -0.15) is 0 Å². The molecule has 100 valence electrons. The Kier molecular flexibility index (Phi) is 5.11. The van der Waals surface area contributed by atoms with Crippen LogP contribution in [0.25, 0.3) is 0 Å². The molecular formula is C13H17ClFNO2. The van der Waals surface area contributed by atoms with Gasteiger partial charge in [-0.05, 0) is 30.5 Å². The lowest BCUT2D eigenvalue weighted by Crippen LogP contribution is -2.42. The summed E-state index contributed by atoms with van der Waals surface area (Å²) >= 11 is 5.60. The summed E-state index contributed by atoms with van der Waals surface area (Å²) in [7, 11) is 0. The third kappa shape index (κ3) is 3.68. The molecule has 3 nitrogen and oxygen atoms in total. The molecule has 5 heteroatoms. The van der Waals surface area contributed by atoms with Crippen LogP contribution in [0, 0.1) is 11.7 Å². The summed E-state index contributed by atoms with van der Waals surface area (Å²) in [6.07, 6.45) is 0. The Hall–Kier alpha value is -1.13. The van der Waals surface area contributed by atoms with Crippen molar-refractivity contribution in [2.45, 2.75) is 32.9 Å². The zero-order valence-corrected chi connectivity index (χ0v) is 11.3. The van der Waals surface area contributed by atoms with Gasteiger partial charge in [0.15, 0.2) is 0 Å². The van der Waals surface area contributed by atoms with Crippen molar-refractivity contribution in [2.24, 2.45) is 5.92 Å². The van der Waals surface area contributed by atoms with Crippen LogP contribution in [-0.2, 0) is 4.79 Å². The molecule has 0 spiro atoms. The summed E-state index contributed by atoms with van der Waals surface area (Å²) < 4.78 is 13.3. The largest absolute Gasteiger partial charge is 0.480 e. The first-order chi connectivity index (χ1) is 8.32. The Balaban J connectivity index is 2.83. The summed E-state index contributed by atoms with van der Waals surface area (Å²) in [5, 5.41) is 12.1. The molecule has 0 aliphatic heterocycles. The van der Waals surface area contributed by atoms with Crippen molar-refractivity contribution >= 4 is 17.6 Å². The highest BCUT2D eigenvalue weighted by atomic mass is 35.5. The van der Waals surface area contributed by atoms with E-state index in [0.717, 1.165) is 0 Å². The maximum absolute atomic E-state index is 13.3. The monoisotopic (exact) mass is 273 g/mol. The predicted molar refractivity (Wildman–Crippen MR) is 69.2 cm³/mol. The third-order valence-corrected chi connectivity index (χ3v) is 3.11. The molecule has 2 N–H and O–H groups in total. The fourth-order valence-electron chi connectivity index (χ4n) is 1.70. The molecule has 0 heterocycles. The Morgan fingerprint density at radius 1 is 1.39 bits per heavy atom. The molecule has 0 fully saturated rings. The fourth-order valence-corrected chi connectivity index (χ4v) is 1.81. The highest BCUT2D eigenvalue weighted by molar-refractivity contribution is 6.30. The molecule has 2 unspecified atom stereocenters. The number of aliphatic carboxylic acids is 1. The van der Waals surface area contributed by atoms with E-state index in [1.54, 1.807) is 13.0 Å². The van der Waals surface area contributed by atoms with Crippen molar-refractivity contribution < 1.29 is 14.3 Å². The van der Waals surface area contributed by atoms with E-state index in [4.69, 9.17) is 16.7 Å². The van der Waals surface area contributed by atoms with E-state index in [-0.39, 0.29) is 17.0 Å².